The Hall–Kier alpha value is -1.42. The van der Waals surface area contributed by atoms with Crippen LogP contribution in [0.15, 0.2) is 36.4 Å². The van der Waals surface area contributed by atoms with Crippen LogP contribution in [0.2, 0.25) is 15.1 Å². The molecule has 0 saturated carbocycles. The molecule has 0 fully saturated rings. The summed E-state index contributed by atoms with van der Waals surface area (Å²) < 4.78 is 5.51. The summed E-state index contributed by atoms with van der Waals surface area (Å²) in [6.45, 7) is 0.0696. The van der Waals surface area contributed by atoms with Gasteiger partial charge in [-0.1, -0.05) is 53.0 Å². The first kappa shape index (κ1) is 15.0. The van der Waals surface area contributed by atoms with E-state index in [2.05, 4.69) is 0 Å². The monoisotopic (exact) mass is 330 g/mol. The van der Waals surface area contributed by atoms with Crippen molar-refractivity contribution < 1.29 is 14.6 Å². The molecule has 2 aromatic rings. The topological polar surface area (TPSA) is 46.5 Å². The van der Waals surface area contributed by atoms with Gasteiger partial charge < -0.3 is 9.84 Å². The average Bonchev–Trinajstić information content (AvgIpc) is 2.41. The summed E-state index contributed by atoms with van der Waals surface area (Å²) in [4.78, 5) is 11.1. The van der Waals surface area contributed by atoms with Gasteiger partial charge in [0.05, 0.1) is 20.6 Å². The lowest BCUT2D eigenvalue weighted by molar-refractivity contribution is 0.0694. The van der Waals surface area contributed by atoms with Gasteiger partial charge in [0.1, 0.15) is 12.4 Å². The molecular formula is C14H9Cl3O3. The summed E-state index contributed by atoms with van der Waals surface area (Å²) in [5.41, 5.74) is 0.728. The zero-order valence-corrected chi connectivity index (χ0v) is 12.3. The summed E-state index contributed by atoms with van der Waals surface area (Å²) in [6.07, 6.45) is 0. The van der Waals surface area contributed by atoms with Crippen LogP contribution in [0.4, 0.5) is 0 Å². The SMILES string of the molecule is O=C(O)c1ccccc1COc1cc(Cl)c(Cl)cc1Cl. The Kier molecular flexibility index (Phi) is 4.76. The smallest absolute Gasteiger partial charge is 0.336 e. The predicted molar refractivity (Wildman–Crippen MR) is 79.2 cm³/mol. The van der Waals surface area contributed by atoms with Crippen molar-refractivity contribution in [2.75, 3.05) is 0 Å². The number of benzene rings is 2. The molecule has 3 nitrogen and oxygen atoms in total. The number of carboxylic acid groups (broad SMARTS) is 1. The van der Waals surface area contributed by atoms with Crippen molar-refractivity contribution in [3.8, 4) is 5.75 Å². The fraction of sp³-hybridized carbons (Fsp3) is 0.0714. The molecule has 0 bridgehead atoms. The molecule has 0 saturated heterocycles. The average molecular weight is 332 g/mol. The van der Waals surface area contributed by atoms with Crippen molar-refractivity contribution >= 4 is 40.8 Å². The quantitative estimate of drug-likeness (QED) is 0.809. The Labute approximate surface area is 130 Å². The zero-order valence-electron chi connectivity index (χ0n) is 10.1. The molecule has 0 atom stereocenters. The molecular weight excluding hydrogens is 323 g/mol. The summed E-state index contributed by atoms with van der Waals surface area (Å²) in [6, 6.07) is 9.55. The molecule has 0 aromatic heterocycles. The lowest BCUT2D eigenvalue weighted by Gasteiger charge is -2.11. The van der Waals surface area contributed by atoms with Crippen LogP contribution >= 0.6 is 34.8 Å². The van der Waals surface area contributed by atoms with E-state index in [1.54, 1.807) is 18.2 Å². The second kappa shape index (κ2) is 6.35. The van der Waals surface area contributed by atoms with Crippen molar-refractivity contribution in [1.82, 2.24) is 0 Å². The first-order valence-corrected chi connectivity index (χ1v) is 6.71. The van der Waals surface area contributed by atoms with E-state index in [9.17, 15) is 4.79 Å². The number of carboxylic acids is 1. The van der Waals surface area contributed by atoms with E-state index in [0.29, 0.717) is 26.4 Å². The Morgan fingerprint density at radius 1 is 1.05 bits per heavy atom. The van der Waals surface area contributed by atoms with Crippen molar-refractivity contribution in [3.63, 3.8) is 0 Å². The summed E-state index contributed by atoms with van der Waals surface area (Å²) in [5.74, 6) is -0.661. The lowest BCUT2D eigenvalue weighted by Crippen LogP contribution is -2.05. The molecule has 2 rings (SSSR count). The van der Waals surface area contributed by atoms with Gasteiger partial charge in [-0.15, -0.1) is 0 Å². The Morgan fingerprint density at radius 2 is 1.70 bits per heavy atom. The van der Waals surface area contributed by atoms with Crippen LogP contribution in [0.5, 0.6) is 5.75 Å². The minimum atomic E-state index is -1.01. The van der Waals surface area contributed by atoms with Gasteiger partial charge in [-0.2, -0.15) is 0 Å². The van der Waals surface area contributed by atoms with Gasteiger partial charge >= 0.3 is 5.97 Å². The highest BCUT2D eigenvalue weighted by Crippen LogP contribution is 2.34. The Bertz CT molecular complexity index is 656. The number of hydrogen-bond acceptors (Lipinski definition) is 2. The second-order valence-corrected chi connectivity index (χ2v) is 5.17. The van der Waals surface area contributed by atoms with Crippen molar-refractivity contribution in [2.45, 2.75) is 6.61 Å². The third-order valence-corrected chi connectivity index (χ3v) is 3.62. The summed E-state index contributed by atoms with van der Waals surface area (Å²) >= 11 is 17.7. The number of rotatable bonds is 4. The Balaban J connectivity index is 2.21. The molecule has 0 unspecified atom stereocenters. The molecule has 2 aromatic carbocycles. The molecule has 20 heavy (non-hydrogen) atoms. The molecule has 6 heteroatoms. The number of carbonyl (C=O) groups is 1. The first-order chi connectivity index (χ1) is 9.49. The van der Waals surface area contributed by atoms with Gasteiger partial charge in [0, 0.05) is 11.6 Å². The largest absolute Gasteiger partial charge is 0.487 e. The third kappa shape index (κ3) is 3.37. The molecule has 0 aliphatic rings. The van der Waals surface area contributed by atoms with Crippen molar-refractivity contribution in [3.05, 3.63) is 62.6 Å². The third-order valence-electron chi connectivity index (χ3n) is 2.61. The standard InChI is InChI=1S/C14H9Cl3O3/c15-10-5-12(17)13(6-11(10)16)20-7-8-3-1-2-4-9(8)14(18)19/h1-6H,7H2,(H,18,19). The van der Waals surface area contributed by atoms with Crippen LogP contribution in [-0.4, -0.2) is 11.1 Å². The number of ether oxygens (including phenoxy) is 1. The summed E-state index contributed by atoms with van der Waals surface area (Å²) in [7, 11) is 0. The van der Waals surface area contributed by atoms with Crippen LogP contribution in [0.25, 0.3) is 0 Å². The molecule has 0 spiro atoms. The number of hydrogen-bond donors (Lipinski definition) is 1. The number of halogens is 3. The Morgan fingerprint density at radius 3 is 2.40 bits per heavy atom. The van der Waals surface area contributed by atoms with Gasteiger partial charge in [0.25, 0.3) is 0 Å². The van der Waals surface area contributed by atoms with E-state index in [0.717, 1.165) is 0 Å². The van der Waals surface area contributed by atoms with Crippen molar-refractivity contribution in [2.24, 2.45) is 0 Å². The molecule has 0 aliphatic carbocycles. The zero-order chi connectivity index (χ0) is 14.7. The van der Waals surface area contributed by atoms with Gasteiger partial charge in [-0.25, -0.2) is 4.79 Å². The maximum atomic E-state index is 11.1. The molecule has 0 amide bonds. The highest BCUT2D eigenvalue weighted by Gasteiger charge is 2.11. The van der Waals surface area contributed by atoms with Gasteiger partial charge in [-0.05, 0) is 12.1 Å². The fourth-order valence-electron chi connectivity index (χ4n) is 1.63. The minimum absolute atomic E-state index is 0.0696. The molecule has 104 valence electrons. The maximum absolute atomic E-state index is 11.1. The molecule has 0 aliphatic heterocycles. The highest BCUT2D eigenvalue weighted by molar-refractivity contribution is 6.43. The maximum Gasteiger partial charge on any atom is 0.336 e. The van der Waals surface area contributed by atoms with Crippen LogP contribution < -0.4 is 4.74 Å². The molecule has 0 heterocycles. The fourth-order valence-corrected chi connectivity index (χ4v) is 2.22. The molecule has 0 radical (unpaired) electrons. The van der Waals surface area contributed by atoms with E-state index >= 15 is 0 Å². The van der Waals surface area contributed by atoms with E-state index in [-0.39, 0.29) is 12.2 Å². The predicted octanol–water partition coefficient (Wildman–Crippen LogP) is 4.92. The van der Waals surface area contributed by atoms with Gasteiger partial charge in [0.2, 0.25) is 0 Å². The van der Waals surface area contributed by atoms with Crippen LogP contribution in [0.1, 0.15) is 15.9 Å². The second-order valence-electron chi connectivity index (χ2n) is 3.95. The van der Waals surface area contributed by atoms with E-state index in [1.165, 1.54) is 18.2 Å². The summed E-state index contributed by atoms with van der Waals surface area (Å²) in [5, 5.41) is 10.0. The van der Waals surface area contributed by atoms with Gasteiger partial charge in [0.15, 0.2) is 0 Å². The van der Waals surface area contributed by atoms with Gasteiger partial charge in [-0.3, -0.25) is 0 Å². The normalized spacial score (nSPS) is 10.3. The van der Waals surface area contributed by atoms with E-state index in [4.69, 9.17) is 44.6 Å². The number of aromatic carboxylic acids is 1. The van der Waals surface area contributed by atoms with E-state index in [1.807, 2.05) is 0 Å². The minimum Gasteiger partial charge on any atom is -0.487 e. The van der Waals surface area contributed by atoms with E-state index < -0.39 is 5.97 Å². The van der Waals surface area contributed by atoms with Crippen LogP contribution in [0, 0.1) is 0 Å². The van der Waals surface area contributed by atoms with Crippen molar-refractivity contribution in [1.29, 1.82) is 0 Å². The molecule has 1 N–H and O–H groups in total. The van der Waals surface area contributed by atoms with Crippen LogP contribution in [-0.2, 0) is 6.61 Å². The lowest BCUT2D eigenvalue weighted by atomic mass is 10.1. The van der Waals surface area contributed by atoms with Crippen LogP contribution in [0.3, 0.4) is 0 Å². The first-order valence-electron chi connectivity index (χ1n) is 5.57. The highest BCUT2D eigenvalue weighted by atomic mass is 35.5.